The minimum absolute atomic E-state index is 0.145. The van der Waals surface area contributed by atoms with Crippen LogP contribution >= 0.6 is 0 Å². The summed E-state index contributed by atoms with van der Waals surface area (Å²) in [5.41, 5.74) is 1.99. The van der Waals surface area contributed by atoms with Gasteiger partial charge in [-0.2, -0.15) is 0 Å². The van der Waals surface area contributed by atoms with E-state index >= 15 is 0 Å². The Morgan fingerprint density at radius 1 is 0.806 bits per heavy atom. The maximum Gasteiger partial charge on any atom is 0.266 e. The van der Waals surface area contributed by atoms with Crippen molar-refractivity contribution in [3.63, 3.8) is 0 Å². The second-order valence-electron chi connectivity index (χ2n) is 6.74. The van der Waals surface area contributed by atoms with Crippen LogP contribution in [0.4, 0.5) is 0 Å². The van der Waals surface area contributed by atoms with Crippen molar-refractivity contribution in [3.05, 3.63) is 88.5 Å². The van der Waals surface area contributed by atoms with Crippen molar-refractivity contribution in [1.29, 1.82) is 0 Å². The predicted molar refractivity (Wildman–Crippen MR) is 122 cm³/mol. The summed E-state index contributed by atoms with van der Waals surface area (Å²) in [6, 6.07) is 20.2. The van der Waals surface area contributed by atoms with Gasteiger partial charge in [-0.3, -0.25) is 9.36 Å². The van der Waals surface area contributed by atoms with Crippen LogP contribution in [0.3, 0.4) is 0 Å². The zero-order valence-electron chi connectivity index (χ0n) is 17.5. The van der Waals surface area contributed by atoms with Crippen molar-refractivity contribution in [2.45, 2.75) is 0 Å². The first-order chi connectivity index (χ1) is 15.2. The van der Waals surface area contributed by atoms with Gasteiger partial charge >= 0.3 is 0 Å². The Balaban J connectivity index is 1.91. The summed E-state index contributed by atoms with van der Waals surface area (Å²) in [5.74, 6) is 2.45. The summed E-state index contributed by atoms with van der Waals surface area (Å²) in [5, 5.41) is 0.550. The Morgan fingerprint density at radius 3 is 2.29 bits per heavy atom. The van der Waals surface area contributed by atoms with Crippen LogP contribution in [0.5, 0.6) is 17.2 Å². The van der Waals surface area contributed by atoms with Crippen molar-refractivity contribution >= 4 is 23.1 Å². The third kappa shape index (κ3) is 3.88. The van der Waals surface area contributed by atoms with Crippen LogP contribution in [0, 0.1) is 0 Å². The Labute approximate surface area is 180 Å². The average Bonchev–Trinajstić information content (AvgIpc) is 2.82. The van der Waals surface area contributed by atoms with Crippen LogP contribution in [0.2, 0.25) is 0 Å². The fourth-order valence-corrected chi connectivity index (χ4v) is 3.45. The molecule has 4 rings (SSSR count). The summed E-state index contributed by atoms with van der Waals surface area (Å²) in [6.07, 6.45) is 3.66. The van der Waals surface area contributed by atoms with E-state index in [2.05, 4.69) is 0 Å². The summed E-state index contributed by atoms with van der Waals surface area (Å²) >= 11 is 0. The van der Waals surface area contributed by atoms with Crippen LogP contribution in [-0.4, -0.2) is 30.9 Å². The summed E-state index contributed by atoms with van der Waals surface area (Å²) in [4.78, 5) is 18.1. The van der Waals surface area contributed by atoms with E-state index in [4.69, 9.17) is 19.2 Å². The highest BCUT2D eigenvalue weighted by Crippen LogP contribution is 2.32. The molecule has 6 nitrogen and oxygen atoms in total. The van der Waals surface area contributed by atoms with E-state index < -0.39 is 0 Å². The molecule has 0 spiro atoms. The van der Waals surface area contributed by atoms with Crippen molar-refractivity contribution < 1.29 is 14.2 Å². The standard InChI is InChI=1S/C25H22N2O4/c1-29-19-14-12-18(13-15-19)27-23(26-21-9-5-4-8-20(21)25(27)28)16-11-17-7-6-10-22(30-2)24(17)31-3/h4-16H,1-3H3. The highest BCUT2D eigenvalue weighted by Gasteiger charge is 2.12. The molecule has 1 heterocycles. The molecular weight excluding hydrogens is 392 g/mol. The van der Waals surface area contributed by atoms with Gasteiger partial charge in [-0.1, -0.05) is 24.3 Å². The Kier molecular flexibility index (Phi) is 5.71. The second-order valence-corrected chi connectivity index (χ2v) is 6.74. The molecule has 0 radical (unpaired) electrons. The molecule has 0 amide bonds. The molecule has 3 aromatic carbocycles. The average molecular weight is 414 g/mol. The summed E-state index contributed by atoms with van der Waals surface area (Å²) < 4.78 is 17.7. The molecule has 31 heavy (non-hydrogen) atoms. The monoisotopic (exact) mass is 414 g/mol. The van der Waals surface area contributed by atoms with Gasteiger partial charge in [0, 0.05) is 5.56 Å². The topological polar surface area (TPSA) is 62.6 Å². The molecule has 1 aromatic heterocycles. The third-order valence-electron chi connectivity index (χ3n) is 4.98. The molecule has 0 aliphatic rings. The van der Waals surface area contributed by atoms with Gasteiger partial charge in [0.05, 0.1) is 37.9 Å². The maximum atomic E-state index is 13.4. The lowest BCUT2D eigenvalue weighted by Gasteiger charge is -2.13. The smallest absolute Gasteiger partial charge is 0.266 e. The van der Waals surface area contributed by atoms with Crippen LogP contribution in [-0.2, 0) is 0 Å². The Hall–Kier alpha value is -4.06. The van der Waals surface area contributed by atoms with Gasteiger partial charge in [0.1, 0.15) is 11.6 Å². The van der Waals surface area contributed by atoms with Crippen LogP contribution in [0.15, 0.2) is 71.5 Å². The first kappa shape index (κ1) is 20.2. The number of methoxy groups -OCH3 is 3. The highest BCUT2D eigenvalue weighted by molar-refractivity contribution is 5.80. The number of hydrogen-bond donors (Lipinski definition) is 0. The normalized spacial score (nSPS) is 11.1. The van der Waals surface area contributed by atoms with Gasteiger partial charge in [-0.05, 0) is 54.6 Å². The molecule has 0 unspecified atom stereocenters. The molecule has 0 fully saturated rings. The van der Waals surface area contributed by atoms with E-state index in [1.165, 1.54) is 0 Å². The minimum atomic E-state index is -0.145. The fourth-order valence-electron chi connectivity index (χ4n) is 3.45. The van der Waals surface area contributed by atoms with E-state index in [9.17, 15) is 4.79 Å². The molecule has 0 N–H and O–H groups in total. The van der Waals surface area contributed by atoms with Gasteiger partial charge in [0.25, 0.3) is 5.56 Å². The highest BCUT2D eigenvalue weighted by atomic mass is 16.5. The van der Waals surface area contributed by atoms with Crippen molar-refractivity contribution in [1.82, 2.24) is 9.55 Å². The predicted octanol–water partition coefficient (Wildman–Crippen LogP) is 4.58. The lowest BCUT2D eigenvalue weighted by Crippen LogP contribution is -2.22. The van der Waals surface area contributed by atoms with Crippen LogP contribution in [0.1, 0.15) is 11.4 Å². The number of fused-ring (bicyclic) bond motifs is 1. The number of benzene rings is 3. The SMILES string of the molecule is COc1ccc(-n2c(C=Cc3cccc(OC)c3OC)nc3ccccc3c2=O)cc1. The van der Waals surface area contributed by atoms with Gasteiger partial charge in [0.15, 0.2) is 11.5 Å². The quantitative estimate of drug-likeness (QED) is 0.462. The van der Waals surface area contributed by atoms with Crippen molar-refractivity contribution in [2.24, 2.45) is 0 Å². The second kappa shape index (κ2) is 8.75. The molecular formula is C25H22N2O4. The van der Waals surface area contributed by atoms with E-state index in [1.54, 1.807) is 38.0 Å². The molecule has 0 saturated heterocycles. The van der Waals surface area contributed by atoms with E-state index in [0.29, 0.717) is 39.7 Å². The van der Waals surface area contributed by atoms with Gasteiger partial charge in [0.2, 0.25) is 0 Å². The molecule has 0 aliphatic carbocycles. The molecule has 6 heteroatoms. The number of nitrogens with zero attached hydrogens (tertiary/aromatic N) is 2. The molecule has 0 saturated carbocycles. The molecule has 156 valence electrons. The van der Waals surface area contributed by atoms with Crippen LogP contribution in [0.25, 0.3) is 28.7 Å². The third-order valence-corrected chi connectivity index (χ3v) is 4.98. The van der Waals surface area contributed by atoms with Crippen molar-refractivity contribution in [3.8, 4) is 22.9 Å². The number of aromatic nitrogens is 2. The van der Waals surface area contributed by atoms with Crippen LogP contribution < -0.4 is 19.8 Å². The first-order valence-electron chi connectivity index (χ1n) is 9.71. The zero-order chi connectivity index (χ0) is 21.8. The Bertz CT molecular complexity index is 1310. The van der Waals surface area contributed by atoms with E-state index in [-0.39, 0.29) is 5.56 Å². The van der Waals surface area contributed by atoms with Crippen molar-refractivity contribution in [2.75, 3.05) is 21.3 Å². The number of rotatable bonds is 6. The zero-order valence-corrected chi connectivity index (χ0v) is 17.5. The number of ether oxygens (including phenoxy) is 3. The maximum absolute atomic E-state index is 13.4. The Morgan fingerprint density at radius 2 is 1.58 bits per heavy atom. The molecule has 0 atom stereocenters. The molecule has 4 aromatic rings. The minimum Gasteiger partial charge on any atom is -0.497 e. The number of hydrogen-bond acceptors (Lipinski definition) is 5. The lowest BCUT2D eigenvalue weighted by atomic mass is 10.1. The van der Waals surface area contributed by atoms with E-state index in [1.807, 2.05) is 66.7 Å². The number of para-hydroxylation sites is 2. The lowest BCUT2D eigenvalue weighted by molar-refractivity contribution is 0.354. The molecule has 0 aliphatic heterocycles. The van der Waals surface area contributed by atoms with Gasteiger partial charge in [-0.15, -0.1) is 0 Å². The molecule has 0 bridgehead atoms. The summed E-state index contributed by atoms with van der Waals surface area (Å²) in [7, 11) is 4.79. The largest absolute Gasteiger partial charge is 0.497 e. The van der Waals surface area contributed by atoms with Gasteiger partial charge < -0.3 is 14.2 Å². The first-order valence-corrected chi connectivity index (χ1v) is 9.71. The van der Waals surface area contributed by atoms with E-state index in [0.717, 1.165) is 5.56 Å². The fraction of sp³-hybridized carbons (Fsp3) is 0.120. The summed E-state index contributed by atoms with van der Waals surface area (Å²) in [6.45, 7) is 0. The van der Waals surface area contributed by atoms with Gasteiger partial charge in [-0.25, -0.2) is 4.98 Å².